The predicted molar refractivity (Wildman–Crippen MR) is 177 cm³/mol. The quantitative estimate of drug-likeness (QED) is 0.210. The lowest BCUT2D eigenvalue weighted by atomic mass is 9.96. The van der Waals surface area contributed by atoms with Crippen molar-refractivity contribution < 1.29 is 5.11 Å². The second kappa shape index (κ2) is 11.4. The van der Waals surface area contributed by atoms with Gasteiger partial charge in [0.05, 0.1) is 21.7 Å². The van der Waals surface area contributed by atoms with Crippen LogP contribution < -0.4 is 11.1 Å². The molecule has 1 aromatic heterocycles. The molecule has 0 saturated carbocycles. The minimum atomic E-state index is -0.575. The van der Waals surface area contributed by atoms with E-state index in [4.69, 9.17) is 11.6 Å². The van der Waals surface area contributed by atoms with E-state index in [1.165, 1.54) is 0 Å². The Bertz CT molecular complexity index is 2010. The first kappa shape index (κ1) is 28.8. The van der Waals surface area contributed by atoms with Crippen LogP contribution in [0.5, 0.6) is 5.75 Å². The number of likely N-dealkylation sites (tertiary alicyclic amines) is 1. The van der Waals surface area contributed by atoms with Gasteiger partial charge in [0.1, 0.15) is 5.75 Å². The van der Waals surface area contributed by atoms with Gasteiger partial charge in [-0.2, -0.15) is 0 Å². The summed E-state index contributed by atoms with van der Waals surface area (Å²) in [6, 6.07) is 20.8. The summed E-state index contributed by atoms with van der Waals surface area (Å²) in [7, 11) is 0. The maximum Gasteiger partial charge on any atom is 0.321 e. The number of rotatable bonds is 5. The Labute approximate surface area is 256 Å². The van der Waals surface area contributed by atoms with E-state index in [2.05, 4.69) is 24.9 Å². The molecule has 4 aromatic carbocycles. The number of phenols is 1. The number of hydrogen-bond donors (Lipinski definition) is 1. The van der Waals surface area contributed by atoms with Gasteiger partial charge >= 0.3 is 11.1 Å². The number of allylic oxidation sites excluding steroid dienone is 1. The molecule has 43 heavy (non-hydrogen) atoms. The molecule has 2 heterocycles. The minimum Gasteiger partial charge on any atom is -0.508 e. The number of piperidine rings is 1. The lowest BCUT2D eigenvalue weighted by molar-refractivity contribution is 0.244. The summed E-state index contributed by atoms with van der Waals surface area (Å²) in [6.07, 6.45) is 5.56. The SMILES string of the molecule is CC=CN1CCC(n2c(=O)c(=O)n(-c3c(C)cccc3C(C)C)c3cc(-c4cc(O)cc5ccccc45)c(Cl)cc32)CC1. The zero-order valence-electron chi connectivity index (χ0n) is 25.0. The first-order valence-electron chi connectivity index (χ1n) is 14.9. The van der Waals surface area contributed by atoms with E-state index in [1.807, 2.05) is 74.5 Å². The summed E-state index contributed by atoms with van der Waals surface area (Å²) in [5.41, 5.74) is 4.19. The zero-order chi connectivity index (χ0) is 30.4. The molecular weight excluding hydrogens is 558 g/mol. The first-order valence-corrected chi connectivity index (χ1v) is 15.3. The predicted octanol–water partition coefficient (Wildman–Crippen LogP) is 7.93. The molecule has 0 unspecified atom stereocenters. The molecule has 0 amide bonds. The Morgan fingerprint density at radius 1 is 0.907 bits per heavy atom. The topological polar surface area (TPSA) is 67.5 Å². The van der Waals surface area contributed by atoms with Gasteiger partial charge in [-0.3, -0.25) is 18.7 Å². The largest absolute Gasteiger partial charge is 0.508 e. The third kappa shape index (κ3) is 5.04. The first-order chi connectivity index (χ1) is 20.7. The maximum absolute atomic E-state index is 14.3. The minimum absolute atomic E-state index is 0.122. The fraction of sp³-hybridized carbons (Fsp3) is 0.278. The van der Waals surface area contributed by atoms with Gasteiger partial charge in [-0.15, -0.1) is 0 Å². The van der Waals surface area contributed by atoms with Crippen LogP contribution in [0, 0.1) is 6.92 Å². The van der Waals surface area contributed by atoms with Gasteiger partial charge in [0.25, 0.3) is 0 Å². The van der Waals surface area contributed by atoms with E-state index in [9.17, 15) is 14.7 Å². The second-order valence-corrected chi connectivity index (χ2v) is 12.2. The van der Waals surface area contributed by atoms with Crippen LogP contribution in [0.4, 0.5) is 0 Å². The van der Waals surface area contributed by atoms with Gasteiger partial charge in [0, 0.05) is 24.7 Å². The van der Waals surface area contributed by atoms with Crippen molar-refractivity contribution in [3.8, 4) is 22.6 Å². The number of phenolic OH excluding ortho intramolecular Hbond substituents is 1. The molecule has 6 nitrogen and oxygen atoms in total. The summed E-state index contributed by atoms with van der Waals surface area (Å²) in [4.78, 5) is 30.6. The van der Waals surface area contributed by atoms with Gasteiger partial charge in [0.2, 0.25) is 0 Å². The number of nitrogens with zero attached hydrogens (tertiary/aromatic N) is 3. The number of halogens is 1. The van der Waals surface area contributed by atoms with Gasteiger partial charge < -0.3 is 10.0 Å². The van der Waals surface area contributed by atoms with Gasteiger partial charge in [0.15, 0.2) is 0 Å². The summed E-state index contributed by atoms with van der Waals surface area (Å²) < 4.78 is 3.28. The van der Waals surface area contributed by atoms with Crippen molar-refractivity contribution in [3.05, 3.63) is 116 Å². The molecule has 0 spiro atoms. The second-order valence-electron chi connectivity index (χ2n) is 11.8. The van der Waals surface area contributed by atoms with Crippen molar-refractivity contribution in [3.63, 3.8) is 0 Å². The number of aromatic hydroxyl groups is 1. The van der Waals surface area contributed by atoms with Crippen LogP contribution in [0.25, 0.3) is 38.6 Å². The molecule has 0 atom stereocenters. The summed E-state index contributed by atoms with van der Waals surface area (Å²) in [6.45, 7) is 9.74. The summed E-state index contributed by atoms with van der Waals surface area (Å²) in [5, 5.41) is 12.9. The van der Waals surface area contributed by atoms with Crippen LogP contribution in [0.15, 0.2) is 88.6 Å². The van der Waals surface area contributed by atoms with E-state index in [1.54, 1.807) is 21.3 Å². The van der Waals surface area contributed by atoms with Crippen molar-refractivity contribution in [1.29, 1.82) is 0 Å². The normalized spacial score (nSPS) is 14.5. The summed E-state index contributed by atoms with van der Waals surface area (Å²) in [5.74, 6) is 0.248. The molecule has 1 aliphatic heterocycles. The average molecular weight is 594 g/mol. The monoisotopic (exact) mass is 593 g/mol. The van der Waals surface area contributed by atoms with Gasteiger partial charge in [-0.1, -0.05) is 74.0 Å². The Morgan fingerprint density at radius 2 is 1.65 bits per heavy atom. The van der Waals surface area contributed by atoms with Crippen LogP contribution in [0.3, 0.4) is 0 Å². The van der Waals surface area contributed by atoms with Crippen LogP contribution >= 0.6 is 11.6 Å². The Balaban J connectivity index is 1.71. The third-order valence-electron chi connectivity index (χ3n) is 8.64. The van der Waals surface area contributed by atoms with E-state index in [-0.39, 0.29) is 17.7 Å². The van der Waals surface area contributed by atoms with E-state index < -0.39 is 11.1 Å². The lowest BCUT2D eigenvalue weighted by Gasteiger charge is -2.33. The molecule has 7 heteroatoms. The number of fused-ring (bicyclic) bond motifs is 2. The summed E-state index contributed by atoms with van der Waals surface area (Å²) >= 11 is 7.07. The van der Waals surface area contributed by atoms with Gasteiger partial charge in [-0.25, -0.2) is 0 Å². The molecular formula is C36H36ClN3O3. The van der Waals surface area contributed by atoms with Gasteiger partial charge in [-0.05, 0) is 90.5 Å². The molecule has 0 aliphatic carbocycles. The molecule has 1 fully saturated rings. The molecule has 220 valence electrons. The highest BCUT2D eigenvalue weighted by Crippen LogP contribution is 2.40. The highest BCUT2D eigenvalue weighted by atomic mass is 35.5. The highest BCUT2D eigenvalue weighted by Gasteiger charge is 2.27. The van der Waals surface area contributed by atoms with E-state index >= 15 is 0 Å². The van der Waals surface area contributed by atoms with Crippen molar-refractivity contribution in [2.75, 3.05) is 13.1 Å². The van der Waals surface area contributed by atoms with Crippen molar-refractivity contribution in [2.24, 2.45) is 0 Å². The lowest BCUT2D eigenvalue weighted by Crippen LogP contribution is -2.44. The van der Waals surface area contributed by atoms with Crippen LogP contribution in [-0.4, -0.2) is 32.2 Å². The van der Waals surface area contributed by atoms with Crippen LogP contribution in [0.2, 0.25) is 5.02 Å². The third-order valence-corrected chi connectivity index (χ3v) is 8.96. The maximum atomic E-state index is 14.3. The van der Waals surface area contributed by atoms with Crippen LogP contribution in [-0.2, 0) is 0 Å². The number of aromatic nitrogens is 2. The molecule has 0 radical (unpaired) electrons. The molecule has 5 aromatic rings. The average Bonchev–Trinajstić information content (AvgIpc) is 2.98. The van der Waals surface area contributed by atoms with Crippen LogP contribution in [0.1, 0.15) is 56.7 Å². The Hall–Kier alpha value is -4.29. The smallest absolute Gasteiger partial charge is 0.321 e. The zero-order valence-corrected chi connectivity index (χ0v) is 25.7. The van der Waals surface area contributed by atoms with E-state index in [0.717, 1.165) is 59.1 Å². The highest BCUT2D eigenvalue weighted by molar-refractivity contribution is 6.34. The molecule has 0 bridgehead atoms. The Kier molecular flexibility index (Phi) is 7.65. The molecule has 1 aliphatic rings. The number of aryl methyl sites for hydroxylation is 1. The van der Waals surface area contributed by atoms with Crippen molar-refractivity contribution >= 4 is 33.4 Å². The Morgan fingerprint density at radius 3 is 2.37 bits per heavy atom. The fourth-order valence-corrected chi connectivity index (χ4v) is 6.87. The van der Waals surface area contributed by atoms with Crippen molar-refractivity contribution in [2.45, 2.75) is 52.5 Å². The number of para-hydroxylation sites is 1. The number of hydrogen-bond acceptors (Lipinski definition) is 4. The molecule has 1 saturated heterocycles. The fourth-order valence-electron chi connectivity index (χ4n) is 6.61. The van der Waals surface area contributed by atoms with Crippen molar-refractivity contribution in [1.82, 2.24) is 14.0 Å². The standard InChI is InChI=1S/C36H36ClN3O3/c1-5-15-38-16-13-25(14-17-38)39-33-21-31(37)30(29-19-26(41)18-24-10-6-7-11-28(24)29)20-32(33)40(36(43)35(39)42)34-23(4)9-8-12-27(34)22(2)3/h5-12,15,18-22,25,41H,13-14,16-17H2,1-4H3. The van der Waals surface area contributed by atoms with E-state index in [0.29, 0.717) is 21.6 Å². The molecule has 6 rings (SSSR count). The molecule has 1 N–H and O–H groups in total. The number of benzene rings is 4.